The minimum atomic E-state index is -1.52. The third-order valence-corrected chi connectivity index (χ3v) is 4.39. The van der Waals surface area contributed by atoms with E-state index in [1.165, 1.54) is 12.5 Å². The van der Waals surface area contributed by atoms with Crippen molar-refractivity contribution in [2.24, 2.45) is 0 Å². The summed E-state index contributed by atoms with van der Waals surface area (Å²) in [5.74, 6) is 1.06. The SMILES string of the molecule is [CH2+]S(=O)c1nccc(N(C)c2nc(-c3ccccc3)cc3ncnn23)n1. The fourth-order valence-electron chi connectivity index (χ4n) is 2.52. The van der Waals surface area contributed by atoms with Gasteiger partial charge in [0, 0.05) is 24.9 Å². The Morgan fingerprint density at radius 2 is 1.92 bits per heavy atom. The lowest BCUT2D eigenvalue weighted by Gasteiger charge is -2.18. The van der Waals surface area contributed by atoms with Gasteiger partial charge in [-0.1, -0.05) is 30.3 Å². The van der Waals surface area contributed by atoms with Gasteiger partial charge >= 0.3 is 0 Å². The molecule has 0 spiro atoms. The van der Waals surface area contributed by atoms with Gasteiger partial charge in [-0.15, -0.1) is 0 Å². The average Bonchev–Trinajstić information content (AvgIpc) is 3.16. The van der Waals surface area contributed by atoms with Crippen LogP contribution in [0.3, 0.4) is 0 Å². The van der Waals surface area contributed by atoms with Gasteiger partial charge in [0.05, 0.1) is 5.69 Å². The second-order valence-electron chi connectivity index (χ2n) is 5.44. The summed E-state index contributed by atoms with van der Waals surface area (Å²) < 4.78 is 13.2. The van der Waals surface area contributed by atoms with Crippen LogP contribution in [0.4, 0.5) is 11.8 Å². The van der Waals surface area contributed by atoms with Gasteiger partial charge in [0.1, 0.15) is 12.1 Å². The van der Waals surface area contributed by atoms with Crippen LogP contribution in [0, 0.1) is 6.26 Å². The third-order valence-electron chi connectivity index (χ3n) is 3.79. The molecule has 0 aliphatic rings. The first kappa shape index (κ1) is 16.2. The van der Waals surface area contributed by atoms with Crippen LogP contribution in [0.5, 0.6) is 0 Å². The molecule has 4 rings (SSSR count). The van der Waals surface area contributed by atoms with Crippen LogP contribution in [0.1, 0.15) is 0 Å². The van der Waals surface area contributed by atoms with Crippen LogP contribution in [0.15, 0.2) is 60.1 Å². The number of hydrogen-bond donors (Lipinski definition) is 0. The summed E-state index contributed by atoms with van der Waals surface area (Å²) in [5.41, 5.74) is 2.40. The second kappa shape index (κ2) is 6.52. The molecule has 1 unspecified atom stereocenters. The Kier molecular flexibility index (Phi) is 4.05. The first-order chi connectivity index (χ1) is 12.6. The van der Waals surface area contributed by atoms with Gasteiger partial charge in [-0.05, 0) is 6.07 Å². The Morgan fingerprint density at radius 1 is 1.12 bits per heavy atom. The first-order valence-electron chi connectivity index (χ1n) is 7.68. The molecule has 0 amide bonds. The predicted octanol–water partition coefficient (Wildman–Crippen LogP) is 2.25. The molecule has 3 heterocycles. The van der Waals surface area contributed by atoms with Crippen molar-refractivity contribution in [3.8, 4) is 11.3 Å². The largest absolute Gasteiger partial charge is 0.298 e. The van der Waals surface area contributed by atoms with Gasteiger partial charge < -0.3 is 0 Å². The number of benzene rings is 1. The smallest absolute Gasteiger partial charge is 0.269 e. The second-order valence-corrected chi connectivity index (χ2v) is 6.50. The van der Waals surface area contributed by atoms with E-state index < -0.39 is 10.8 Å². The van der Waals surface area contributed by atoms with E-state index in [-0.39, 0.29) is 5.16 Å². The molecule has 0 saturated heterocycles. The molecule has 0 aliphatic carbocycles. The van der Waals surface area contributed by atoms with Crippen LogP contribution in [-0.2, 0) is 10.8 Å². The van der Waals surface area contributed by atoms with Gasteiger partial charge in [-0.2, -0.15) is 14.6 Å². The van der Waals surface area contributed by atoms with E-state index in [2.05, 4.69) is 26.3 Å². The lowest BCUT2D eigenvalue weighted by Crippen LogP contribution is -2.18. The van der Waals surface area contributed by atoms with Gasteiger partial charge in [-0.25, -0.2) is 19.2 Å². The summed E-state index contributed by atoms with van der Waals surface area (Å²) in [6, 6.07) is 13.4. The van der Waals surface area contributed by atoms with Crippen molar-refractivity contribution >= 4 is 28.2 Å². The average molecular weight is 364 g/mol. The molecule has 1 atom stereocenters. The molecule has 0 saturated carbocycles. The van der Waals surface area contributed by atoms with Gasteiger partial charge in [0.15, 0.2) is 11.9 Å². The van der Waals surface area contributed by atoms with Crippen molar-refractivity contribution in [3.63, 3.8) is 0 Å². The number of anilines is 2. The van der Waals surface area contributed by atoms with Crippen molar-refractivity contribution in [3.05, 3.63) is 61.2 Å². The van der Waals surface area contributed by atoms with Crippen LogP contribution in [0.25, 0.3) is 16.9 Å². The van der Waals surface area contributed by atoms with Crippen molar-refractivity contribution < 1.29 is 4.21 Å². The maximum absolute atomic E-state index is 11.6. The van der Waals surface area contributed by atoms with E-state index in [0.717, 1.165) is 11.3 Å². The summed E-state index contributed by atoms with van der Waals surface area (Å²) in [6.45, 7) is 0. The summed E-state index contributed by atoms with van der Waals surface area (Å²) >= 11 is 0. The molecule has 3 aromatic heterocycles. The summed E-state index contributed by atoms with van der Waals surface area (Å²) in [7, 11) is 0.282. The monoisotopic (exact) mass is 364 g/mol. The number of nitrogens with zero attached hydrogens (tertiary/aromatic N) is 7. The molecule has 9 heteroatoms. The molecule has 0 radical (unpaired) electrons. The van der Waals surface area contributed by atoms with Crippen molar-refractivity contribution in [1.29, 1.82) is 0 Å². The van der Waals surface area contributed by atoms with E-state index in [1.807, 2.05) is 36.4 Å². The molecule has 0 bridgehead atoms. The number of hydrogen-bond acceptors (Lipinski definition) is 7. The summed E-state index contributed by atoms with van der Waals surface area (Å²) in [4.78, 5) is 19.0. The van der Waals surface area contributed by atoms with Gasteiger partial charge in [-0.3, -0.25) is 4.90 Å². The van der Waals surface area contributed by atoms with E-state index in [4.69, 9.17) is 4.98 Å². The van der Waals surface area contributed by atoms with E-state index in [0.29, 0.717) is 17.4 Å². The molecule has 0 fully saturated rings. The fraction of sp³-hybridized carbons (Fsp3) is 0.0588. The fourth-order valence-corrected chi connectivity index (χ4v) is 2.89. The quantitative estimate of drug-likeness (QED) is 0.405. The Balaban J connectivity index is 1.86. The van der Waals surface area contributed by atoms with E-state index in [9.17, 15) is 4.21 Å². The highest BCUT2D eigenvalue weighted by Gasteiger charge is 2.17. The molecule has 1 aromatic carbocycles. The molecule has 8 nitrogen and oxygen atoms in total. The minimum Gasteiger partial charge on any atom is -0.298 e. The third kappa shape index (κ3) is 2.88. The highest BCUT2D eigenvalue weighted by Crippen LogP contribution is 2.25. The molecule has 0 aliphatic heterocycles. The first-order valence-corrected chi connectivity index (χ1v) is 9.00. The highest BCUT2D eigenvalue weighted by molar-refractivity contribution is 7.86. The zero-order chi connectivity index (χ0) is 18.1. The van der Waals surface area contributed by atoms with Crippen molar-refractivity contribution in [1.82, 2.24) is 29.5 Å². The number of rotatable bonds is 4. The zero-order valence-electron chi connectivity index (χ0n) is 13.9. The highest BCUT2D eigenvalue weighted by atomic mass is 32.2. The standard InChI is InChI=1S/C17H14N7OS/c1-23(14-8-9-18-16(22-14)26(2)25)17-21-13(12-6-4-3-5-7-12)10-15-19-11-20-24(15)17/h3-11H,2H2,1H3/q+1. The predicted molar refractivity (Wildman–Crippen MR) is 98.1 cm³/mol. The topological polar surface area (TPSA) is 89.2 Å². The zero-order valence-corrected chi connectivity index (χ0v) is 14.7. The molecule has 0 N–H and O–H groups in total. The van der Waals surface area contributed by atoms with Crippen molar-refractivity contribution in [2.45, 2.75) is 5.16 Å². The maximum atomic E-state index is 11.6. The number of aromatic nitrogens is 6. The maximum Gasteiger partial charge on any atom is 0.269 e. The Hall–Kier alpha value is -3.33. The Morgan fingerprint density at radius 3 is 2.69 bits per heavy atom. The summed E-state index contributed by atoms with van der Waals surface area (Å²) in [5, 5.41) is 4.40. The van der Waals surface area contributed by atoms with Crippen LogP contribution < -0.4 is 4.90 Å². The van der Waals surface area contributed by atoms with E-state index >= 15 is 0 Å². The minimum absolute atomic E-state index is 0.156. The molecule has 4 aromatic rings. The van der Waals surface area contributed by atoms with Crippen LogP contribution in [-0.4, -0.2) is 40.8 Å². The molecular weight excluding hydrogens is 350 g/mol. The molecule has 128 valence electrons. The normalized spacial score (nSPS) is 12.2. The van der Waals surface area contributed by atoms with Crippen molar-refractivity contribution in [2.75, 3.05) is 11.9 Å². The van der Waals surface area contributed by atoms with Gasteiger partial charge in [0.2, 0.25) is 5.95 Å². The lowest BCUT2D eigenvalue weighted by molar-refractivity contribution is 0.681. The van der Waals surface area contributed by atoms with E-state index in [1.54, 1.807) is 22.5 Å². The number of fused-ring (bicyclic) bond motifs is 1. The molecule has 26 heavy (non-hydrogen) atoms. The lowest BCUT2D eigenvalue weighted by atomic mass is 10.1. The Labute approximate surface area is 152 Å². The summed E-state index contributed by atoms with van der Waals surface area (Å²) in [6.07, 6.45) is 6.47. The molecular formula is C17H14N7OS+. The Bertz CT molecular complexity index is 1100. The van der Waals surface area contributed by atoms with Crippen LogP contribution >= 0.6 is 0 Å². The van der Waals surface area contributed by atoms with Gasteiger partial charge in [0.25, 0.3) is 16.0 Å². The van der Waals surface area contributed by atoms with Crippen LogP contribution in [0.2, 0.25) is 0 Å².